The molecule has 3 rings (SSSR count). The van der Waals surface area contributed by atoms with Gasteiger partial charge in [-0.1, -0.05) is 23.7 Å². The lowest BCUT2D eigenvalue weighted by molar-refractivity contribution is 0.0815. The van der Waals surface area contributed by atoms with Crippen LogP contribution in [0.1, 0.15) is 36.1 Å². The molecule has 122 valence electrons. The van der Waals surface area contributed by atoms with Crippen molar-refractivity contribution in [1.29, 1.82) is 0 Å². The Bertz CT molecular complexity index is 737. The molecule has 2 atom stereocenters. The van der Waals surface area contributed by atoms with Crippen molar-refractivity contribution in [2.45, 2.75) is 24.8 Å². The molecule has 1 aliphatic heterocycles. The third kappa shape index (κ3) is 3.27. The van der Waals surface area contributed by atoms with Crippen LogP contribution in [0.3, 0.4) is 0 Å². The molecule has 0 aliphatic carbocycles. The fraction of sp³-hybridized carbons (Fsp3) is 0.375. The first-order chi connectivity index (χ1) is 11.1. The van der Waals surface area contributed by atoms with Crippen LogP contribution in [0.15, 0.2) is 39.6 Å². The fourth-order valence-electron chi connectivity index (χ4n) is 3.06. The maximum atomic E-state index is 12.1. The van der Waals surface area contributed by atoms with Gasteiger partial charge in [0, 0.05) is 23.6 Å². The van der Waals surface area contributed by atoms with E-state index >= 15 is 0 Å². The smallest absolute Gasteiger partial charge is 0.409 e. The number of ether oxygens (including phenoxy) is 1. The molecule has 1 aliphatic rings. The van der Waals surface area contributed by atoms with Gasteiger partial charge in [0.1, 0.15) is 5.76 Å². The van der Waals surface area contributed by atoms with Gasteiger partial charge in [0.2, 0.25) is 0 Å². The Balaban J connectivity index is 1.89. The highest BCUT2D eigenvalue weighted by Crippen LogP contribution is 2.39. The van der Waals surface area contributed by atoms with Crippen molar-refractivity contribution in [3.63, 3.8) is 0 Å². The second-order valence-electron chi connectivity index (χ2n) is 5.57. The minimum Gasteiger partial charge on any atom is -0.453 e. The van der Waals surface area contributed by atoms with E-state index in [0.717, 1.165) is 5.56 Å². The SMILES string of the molecule is COC(=O)N1CC[C@@H](c2cc(=O)[nH]o2)C[C@@H]1c1ccc(Cl)cc1. The number of hydrogen-bond donors (Lipinski definition) is 1. The van der Waals surface area contributed by atoms with Gasteiger partial charge in [-0.2, -0.15) is 5.16 Å². The van der Waals surface area contributed by atoms with Crippen molar-refractivity contribution in [3.05, 3.63) is 57.0 Å². The highest BCUT2D eigenvalue weighted by atomic mass is 35.5. The van der Waals surface area contributed by atoms with Crippen LogP contribution in [-0.4, -0.2) is 29.8 Å². The topological polar surface area (TPSA) is 75.5 Å². The number of nitrogens with one attached hydrogen (secondary N) is 1. The number of carbonyl (C=O) groups is 1. The number of aromatic amines is 1. The number of nitrogens with zero attached hydrogens (tertiary/aromatic N) is 1. The Morgan fingerprint density at radius 1 is 1.39 bits per heavy atom. The second-order valence-corrected chi connectivity index (χ2v) is 6.00. The van der Waals surface area contributed by atoms with Gasteiger partial charge in [-0.15, -0.1) is 0 Å². The predicted octanol–water partition coefficient (Wildman–Crippen LogP) is 3.31. The van der Waals surface area contributed by atoms with E-state index in [2.05, 4.69) is 5.16 Å². The average molecular weight is 337 g/mol. The maximum Gasteiger partial charge on any atom is 0.409 e. The van der Waals surface area contributed by atoms with E-state index in [1.54, 1.807) is 17.0 Å². The monoisotopic (exact) mass is 336 g/mol. The summed E-state index contributed by atoms with van der Waals surface area (Å²) in [6.07, 6.45) is 0.997. The third-order valence-electron chi connectivity index (χ3n) is 4.21. The van der Waals surface area contributed by atoms with Crippen molar-refractivity contribution < 1.29 is 14.1 Å². The first-order valence-electron chi connectivity index (χ1n) is 7.37. The summed E-state index contributed by atoms with van der Waals surface area (Å²) in [6, 6.07) is 8.71. The molecule has 7 heteroatoms. The van der Waals surface area contributed by atoms with Crippen LogP contribution in [0.5, 0.6) is 0 Å². The zero-order valence-electron chi connectivity index (χ0n) is 12.6. The van der Waals surface area contributed by atoms with Crippen LogP contribution >= 0.6 is 11.6 Å². The van der Waals surface area contributed by atoms with E-state index in [1.807, 2.05) is 12.1 Å². The van der Waals surface area contributed by atoms with Crippen LogP contribution in [0.25, 0.3) is 0 Å². The van der Waals surface area contributed by atoms with Crippen LogP contribution < -0.4 is 5.56 Å². The number of hydrogen-bond acceptors (Lipinski definition) is 4. The normalized spacial score (nSPS) is 21.2. The average Bonchev–Trinajstić information content (AvgIpc) is 3.01. The number of benzene rings is 1. The fourth-order valence-corrected chi connectivity index (χ4v) is 3.19. The van der Waals surface area contributed by atoms with Crippen molar-refractivity contribution >= 4 is 17.7 Å². The largest absolute Gasteiger partial charge is 0.453 e. The summed E-state index contributed by atoms with van der Waals surface area (Å²) in [5, 5.41) is 2.96. The third-order valence-corrected chi connectivity index (χ3v) is 4.46. The van der Waals surface area contributed by atoms with Gasteiger partial charge >= 0.3 is 6.09 Å². The van der Waals surface area contributed by atoms with E-state index < -0.39 is 0 Å². The molecule has 6 nitrogen and oxygen atoms in total. The molecule has 2 heterocycles. The van der Waals surface area contributed by atoms with Crippen LogP contribution in [0, 0.1) is 0 Å². The molecule has 0 spiro atoms. The number of rotatable bonds is 2. The lowest BCUT2D eigenvalue weighted by Gasteiger charge is -2.38. The molecule has 0 saturated carbocycles. The van der Waals surface area contributed by atoms with Gasteiger partial charge < -0.3 is 14.2 Å². The summed E-state index contributed by atoms with van der Waals surface area (Å²) in [6.45, 7) is 0.527. The number of H-pyrrole nitrogens is 1. The van der Waals surface area contributed by atoms with E-state index in [0.29, 0.717) is 30.2 Å². The van der Waals surface area contributed by atoms with Gasteiger partial charge in [-0.25, -0.2) is 4.79 Å². The Hall–Kier alpha value is -2.21. The highest BCUT2D eigenvalue weighted by Gasteiger charge is 2.35. The summed E-state index contributed by atoms with van der Waals surface area (Å²) in [5.74, 6) is 0.689. The van der Waals surface area contributed by atoms with Crippen LogP contribution in [0.4, 0.5) is 4.79 Å². The number of likely N-dealkylation sites (tertiary alicyclic amines) is 1. The molecular weight excluding hydrogens is 320 g/mol. The molecule has 2 aromatic rings. The van der Waals surface area contributed by atoms with E-state index in [4.69, 9.17) is 20.9 Å². The van der Waals surface area contributed by atoms with Crippen LogP contribution in [-0.2, 0) is 4.74 Å². The van der Waals surface area contributed by atoms with Crippen molar-refractivity contribution in [2.75, 3.05) is 13.7 Å². The highest BCUT2D eigenvalue weighted by molar-refractivity contribution is 6.30. The Labute approximate surface area is 138 Å². The zero-order valence-corrected chi connectivity index (χ0v) is 13.4. The summed E-state index contributed by atoms with van der Waals surface area (Å²) in [5.41, 5.74) is 0.723. The molecule has 1 N–H and O–H groups in total. The van der Waals surface area contributed by atoms with Gasteiger partial charge in [-0.3, -0.25) is 4.79 Å². The van der Waals surface area contributed by atoms with E-state index in [1.165, 1.54) is 13.2 Å². The number of piperidine rings is 1. The molecule has 0 bridgehead atoms. The van der Waals surface area contributed by atoms with E-state index in [9.17, 15) is 9.59 Å². The zero-order chi connectivity index (χ0) is 16.4. The molecular formula is C16H17ClN2O4. The van der Waals surface area contributed by atoms with Crippen molar-refractivity contribution in [2.24, 2.45) is 0 Å². The van der Waals surface area contributed by atoms with Gasteiger partial charge in [-0.05, 0) is 30.5 Å². The molecule has 1 aromatic carbocycles. The Morgan fingerprint density at radius 3 is 2.74 bits per heavy atom. The molecule has 23 heavy (non-hydrogen) atoms. The standard InChI is InChI=1S/C16H17ClN2O4/c1-22-16(21)19-7-6-11(14-9-15(20)18-23-14)8-13(19)10-2-4-12(17)5-3-10/h2-5,9,11,13H,6-8H2,1H3,(H,18,20)/t11-,13-/m1/s1. The molecule has 0 radical (unpaired) electrons. The Morgan fingerprint density at radius 2 is 2.13 bits per heavy atom. The van der Waals surface area contributed by atoms with Gasteiger partial charge in [0.05, 0.1) is 13.2 Å². The second kappa shape index (κ2) is 6.50. The molecule has 1 amide bonds. The molecule has 0 unspecified atom stereocenters. The summed E-state index contributed by atoms with van der Waals surface area (Å²) in [4.78, 5) is 25.1. The van der Waals surface area contributed by atoms with Crippen molar-refractivity contribution in [3.8, 4) is 0 Å². The quantitative estimate of drug-likeness (QED) is 0.912. The minimum absolute atomic E-state index is 0.0653. The summed E-state index contributed by atoms with van der Waals surface area (Å²) in [7, 11) is 1.37. The van der Waals surface area contributed by atoms with Gasteiger partial charge in [0.15, 0.2) is 0 Å². The van der Waals surface area contributed by atoms with Gasteiger partial charge in [0.25, 0.3) is 5.56 Å². The summed E-state index contributed by atoms with van der Waals surface area (Å²) >= 11 is 5.95. The lowest BCUT2D eigenvalue weighted by Crippen LogP contribution is -2.40. The molecule has 1 aromatic heterocycles. The predicted molar refractivity (Wildman–Crippen MR) is 84.6 cm³/mol. The number of methoxy groups -OCH3 is 1. The minimum atomic E-state index is -0.362. The first kappa shape index (κ1) is 15.7. The number of halogens is 1. The number of carbonyl (C=O) groups excluding carboxylic acids is 1. The molecule has 1 saturated heterocycles. The Kier molecular flexibility index (Phi) is 4.43. The first-order valence-corrected chi connectivity index (χ1v) is 7.74. The van der Waals surface area contributed by atoms with E-state index in [-0.39, 0.29) is 23.6 Å². The summed E-state index contributed by atoms with van der Waals surface area (Å²) < 4.78 is 10.1. The number of aromatic nitrogens is 1. The number of amides is 1. The van der Waals surface area contributed by atoms with Crippen LogP contribution in [0.2, 0.25) is 5.02 Å². The van der Waals surface area contributed by atoms with Crippen molar-refractivity contribution in [1.82, 2.24) is 10.1 Å². The lowest BCUT2D eigenvalue weighted by atomic mass is 9.86. The maximum absolute atomic E-state index is 12.1. The molecule has 1 fully saturated rings.